The van der Waals surface area contributed by atoms with Gasteiger partial charge in [0.15, 0.2) is 0 Å². The number of hydrogen-bond acceptors (Lipinski definition) is 8. The third kappa shape index (κ3) is 23.2. The summed E-state index contributed by atoms with van der Waals surface area (Å²) < 4.78 is 4.98. The van der Waals surface area contributed by atoms with Crippen molar-refractivity contribution in [3.8, 4) is 0 Å². The Bertz CT molecular complexity index is 1810. The zero-order chi connectivity index (χ0) is 48.3. The summed E-state index contributed by atoms with van der Waals surface area (Å²) in [6.07, 6.45) is 8.08. The molecule has 12 heteroatoms. The van der Waals surface area contributed by atoms with Gasteiger partial charge in [-0.15, -0.1) is 12.4 Å². The van der Waals surface area contributed by atoms with Gasteiger partial charge >= 0.3 is 12.1 Å². The Balaban J connectivity index is 0.000000517. The Kier molecular flexibility index (Phi) is 29.7. The number of aliphatic carboxylic acids is 1. The summed E-state index contributed by atoms with van der Waals surface area (Å²) in [6.45, 7) is 17.2. The topological polar surface area (TPSA) is 185 Å². The van der Waals surface area contributed by atoms with Gasteiger partial charge in [0.25, 0.3) is 0 Å². The molecular formula is C54H82ClN3O8. The first kappa shape index (κ1) is 59.4. The third-order valence-electron chi connectivity index (χ3n) is 12.6. The Labute approximate surface area is 402 Å². The average molecular weight is 937 g/mol. The highest BCUT2D eigenvalue weighted by Crippen LogP contribution is 2.40. The Morgan fingerprint density at radius 3 is 1.68 bits per heavy atom. The highest BCUT2D eigenvalue weighted by molar-refractivity contribution is 5.89. The number of benzene rings is 3. The summed E-state index contributed by atoms with van der Waals surface area (Å²) in [5, 5.41) is 23.6. The number of nitrogens with two attached hydrogens (primary N) is 1. The molecule has 368 valence electrons. The van der Waals surface area contributed by atoms with Crippen LogP contribution in [0, 0.1) is 47.3 Å². The molecule has 8 atom stereocenters. The van der Waals surface area contributed by atoms with Crippen LogP contribution in [0.15, 0.2) is 91.0 Å². The fourth-order valence-corrected chi connectivity index (χ4v) is 8.99. The molecule has 2 fully saturated rings. The van der Waals surface area contributed by atoms with E-state index < -0.39 is 24.0 Å². The molecule has 0 bridgehead atoms. The lowest BCUT2D eigenvalue weighted by atomic mass is 9.67. The molecule has 2 saturated carbocycles. The highest BCUT2D eigenvalue weighted by Gasteiger charge is 2.34. The maximum absolute atomic E-state index is 13.1. The molecular weight excluding hydrogens is 854 g/mol. The predicted molar refractivity (Wildman–Crippen MR) is 267 cm³/mol. The van der Waals surface area contributed by atoms with Crippen molar-refractivity contribution in [2.45, 2.75) is 138 Å². The van der Waals surface area contributed by atoms with Gasteiger partial charge in [0, 0.05) is 25.2 Å². The van der Waals surface area contributed by atoms with Gasteiger partial charge in [-0.3, -0.25) is 14.4 Å². The van der Waals surface area contributed by atoms with Gasteiger partial charge in [0.05, 0.1) is 12.6 Å². The van der Waals surface area contributed by atoms with Crippen molar-refractivity contribution >= 4 is 41.9 Å². The Morgan fingerprint density at radius 1 is 0.712 bits per heavy atom. The van der Waals surface area contributed by atoms with Crippen LogP contribution in [0.5, 0.6) is 0 Å². The standard InChI is InChI=1S/C23H35NO2.C19H20N2O5.C10H20O.C2H6.ClH/c1-16(2)22-10-9-17(3)11-19(22)14-23(26)20(13-21(25)15-24)12-18-7-5-4-6-8-18;22-17(12-20-19(25)26-13-15-9-5-2-6-10-15)21-16(18(23)24)11-14-7-3-1-4-8-14;1-7(2)9-5-4-8(3)6-10(9)11;1-2;/h4-8,16-17,19-20,22H,9-15,24H2,1-3H3;1-10,16H,11-13H2,(H,20,25)(H,21,22)(H,23,24);7-11H,4-6H2,1-3H3;1-2H3;1H/t17-,19+,20?,22+;;8-,9+,10-;;/m1.1../s1. The van der Waals surface area contributed by atoms with Crippen molar-refractivity contribution in [1.82, 2.24) is 10.6 Å². The van der Waals surface area contributed by atoms with Crippen LogP contribution in [0.2, 0.25) is 0 Å². The molecule has 3 aromatic rings. The van der Waals surface area contributed by atoms with E-state index >= 15 is 0 Å². The van der Waals surface area contributed by atoms with E-state index in [4.69, 9.17) is 10.5 Å². The summed E-state index contributed by atoms with van der Waals surface area (Å²) in [7, 11) is 0. The number of aliphatic hydroxyl groups is 1. The lowest BCUT2D eigenvalue weighted by molar-refractivity contribution is -0.141. The smallest absolute Gasteiger partial charge is 0.407 e. The molecule has 0 heterocycles. The van der Waals surface area contributed by atoms with Crippen LogP contribution >= 0.6 is 12.4 Å². The minimum atomic E-state index is -1.14. The van der Waals surface area contributed by atoms with Gasteiger partial charge in [-0.1, -0.05) is 159 Å². The molecule has 3 aromatic carbocycles. The first-order chi connectivity index (χ1) is 31.1. The van der Waals surface area contributed by atoms with Gasteiger partial charge in [0.1, 0.15) is 30.8 Å². The fraction of sp³-hybridized carbons (Fsp3) is 0.574. The summed E-state index contributed by atoms with van der Waals surface area (Å²) >= 11 is 0. The summed E-state index contributed by atoms with van der Waals surface area (Å²) in [6, 6.07) is 27.0. The number of rotatable bonds is 18. The maximum atomic E-state index is 13.1. The SMILES string of the molecule is CC.CC(C)[C@@H]1CC[C@@H](C)C[C@H]1CC(=O)C(CC(=O)CN)Cc1ccccc1.CC(C)[C@@H]1CC[C@@H](C)C[C@H]1O.Cl.O=C(CNC(=O)OCc1ccccc1)NC(Cc1ccccc1)C(=O)O. The number of amides is 2. The number of hydrogen-bond donors (Lipinski definition) is 5. The number of carboxylic acids is 1. The molecule has 0 saturated heterocycles. The van der Waals surface area contributed by atoms with E-state index in [2.05, 4.69) is 52.2 Å². The zero-order valence-corrected chi connectivity index (χ0v) is 41.8. The quantitative estimate of drug-likeness (QED) is 0.0828. The molecule has 0 aromatic heterocycles. The number of carboxylic acid groups (broad SMARTS) is 1. The van der Waals surface area contributed by atoms with Crippen LogP contribution in [-0.4, -0.2) is 65.0 Å². The van der Waals surface area contributed by atoms with Crippen molar-refractivity contribution in [2.75, 3.05) is 13.1 Å². The van der Waals surface area contributed by atoms with E-state index in [1.54, 1.807) is 36.4 Å². The zero-order valence-electron chi connectivity index (χ0n) is 41.0. The minimum absolute atomic E-state index is 0. The summed E-state index contributed by atoms with van der Waals surface area (Å²) in [5.41, 5.74) is 8.24. The maximum Gasteiger partial charge on any atom is 0.407 e. The van der Waals surface area contributed by atoms with Crippen molar-refractivity contribution in [3.63, 3.8) is 0 Å². The van der Waals surface area contributed by atoms with Gasteiger partial charge in [0.2, 0.25) is 5.91 Å². The van der Waals surface area contributed by atoms with E-state index in [0.717, 1.165) is 35.4 Å². The minimum Gasteiger partial charge on any atom is -0.480 e. The van der Waals surface area contributed by atoms with Crippen molar-refractivity contribution < 1.29 is 38.9 Å². The van der Waals surface area contributed by atoms with Crippen molar-refractivity contribution in [3.05, 3.63) is 108 Å². The van der Waals surface area contributed by atoms with Crippen LogP contribution < -0.4 is 16.4 Å². The van der Waals surface area contributed by atoms with Crippen LogP contribution in [-0.2, 0) is 43.4 Å². The number of halogens is 1. The monoisotopic (exact) mass is 936 g/mol. The second-order valence-corrected chi connectivity index (χ2v) is 18.5. The normalized spacial score (nSPS) is 20.7. The molecule has 66 heavy (non-hydrogen) atoms. The van der Waals surface area contributed by atoms with E-state index in [9.17, 15) is 34.2 Å². The van der Waals surface area contributed by atoms with Crippen LogP contribution in [0.4, 0.5) is 4.79 Å². The number of Topliss-reactive ketones (excluding diaryl/α,β-unsaturated/α-hetero) is 2. The van der Waals surface area contributed by atoms with Gasteiger partial charge in [-0.05, 0) is 90.2 Å². The molecule has 2 aliphatic carbocycles. The summed E-state index contributed by atoms with van der Waals surface area (Å²) in [4.78, 5) is 59.9. The molecule has 11 nitrogen and oxygen atoms in total. The van der Waals surface area contributed by atoms with Crippen molar-refractivity contribution in [1.29, 1.82) is 0 Å². The third-order valence-corrected chi connectivity index (χ3v) is 12.6. The second-order valence-electron chi connectivity index (χ2n) is 18.5. The Hall–Kier alpha value is -4.58. The number of alkyl carbamates (subject to hydrolysis) is 1. The van der Waals surface area contributed by atoms with Crippen LogP contribution in [0.1, 0.15) is 123 Å². The molecule has 5 rings (SSSR count). The largest absolute Gasteiger partial charge is 0.480 e. The van der Waals surface area contributed by atoms with Crippen molar-refractivity contribution in [2.24, 2.45) is 53.1 Å². The van der Waals surface area contributed by atoms with Gasteiger partial charge < -0.3 is 31.3 Å². The molecule has 6 N–H and O–H groups in total. The molecule has 2 unspecified atom stereocenters. The first-order valence-corrected chi connectivity index (χ1v) is 24.0. The summed E-state index contributed by atoms with van der Waals surface area (Å²) in [5.74, 6) is 2.58. The van der Waals surface area contributed by atoms with E-state index in [0.29, 0.717) is 48.3 Å². The number of carbonyl (C=O) groups is 5. The molecule has 0 radical (unpaired) electrons. The fourth-order valence-electron chi connectivity index (χ4n) is 8.99. The first-order valence-electron chi connectivity index (χ1n) is 24.0. The number of nitrogens with one attached hydrogen (secondary N) is 2. The second kappa shape index (κ2) is 33.0. The van der Waals surface area contributed by atoms with E-state index in [1.807, 2.05) is 68.4 Å². The molecule has 2 amide bonds. The number of aliphatic hydroxyl groups excluding tert-OH is 1. The molecule has 0 aliphatic heterocycles. The molecule has 2 aliphatic rings. The predicted octanol–water partition coefficient (Wildman–Crippen LogP) is 10.0. The Morgan fingerprint density at radius 2 is 1.20 bits per heavy atom. The average Bonchev–Trinajstić information content (AvgIpc) is 3.29. The lowest BCUT2D eigenvalue weighted by Gasteiger charge is -2.37. The van der Waals surface area contributed by atoms with Gasteiger partial charge in [-0.2, -0.15) is 0 Å². The van der Waals surface area contributed by atoms with E-state index in [-0.39, 0.29) is 68.5 Å². The lowest BCUT2D eigenvalue weighted by Crippen LogP contribution is -2.46. The number of ketones is 2. The molecule has 0 spiro atoms. The number of carbonyl (C=O) groups excluding carboxylic acids is 4. The number of ether oxygens (including phenoxy) is 1. The van der Waals surface area contributed by atoms with Crippen LogP contribution in [0.25, 0.3) is 0 Å². The van der Waals surface area contributed by atoms with Gasteiger partial charge in [-0.25, -0.2) is 9.59 Å². The van der Waals surface area contributed by atoms with Crippen LogP contribution in [0.3, 0.4) is 0 Å². The highest BCUT2D eigenvalue weighted by atomic mass is 35.5. The van der Waals surface area contributed by atoms with E-state index in [1.165, 1.54) is 25.7 Å².